The Labute approximate surface area is 214 Å². The zero-order valence-corrected chi connectivity index (χ0v) is 21.2. The number of halogens is 1. The van der Waals surface area contributed by atoms with Gasteiger partial charge in [-0.1, -0.05) is 11.6 Å². The van der Waals surface area contributed by atoms with E-state index in [1.54, 1.807) is 80.4 Å². The van der Waals surface area contributed by atoms with Crippen LogP contribution in [0.1, 0.15) is 32.0 Å². The first-order valence-corrected chi connectivity index (χ1v) is 11.7. The number of benzene rings is 3. The van der Waals surface area contributed by atoms with Crippen molar-refractivity contribution in [2.45, 2.75) is 13.3 Å². The summed E-state index contributed by atoms with van der Waals surface area (Å²) < 4.78 is 7.01. The van der Waals surface area contributed by atoms with Crippen LogP contribution in [0.3, 0.4) is 0 Å². The third kappa shape index (κ3) is 4.97. The van der Waals surface area contributed by atoms with Crippen molar-refractivity contribution in [3.63, 3.8) is 0 Å². The van der Waals surface area contributed by atoms with Crippen LogP contribution in [0.15, 0.2) is 66.7 Å². The summed E-state index contributed by atoms with van der Waals surface area (Å²) in [6, 6.07) is 18.9. The minimum Gasteiger partial charge on any atom is -0.497 e. The Bertz CT molecular complexity index is 1460. The molecular formula is C28H26ClN3O4. The van der Waals surface area contributed by atoms with E-state index in [2.05, 4.69) is 5.32 Å². The van der Waals surface area contributed by atoms with Gasteiger partial charge in [0.2, 0.25) is 5.91 Å². The quantitative estimate of drug-likeness (QED) is 0.393. The molecule has 4 aromatic rings. The van der Waals surface area contributed by atoms with Gasteiger partial charge in [0.15, 0.2) is 0 Å². The third-order valence-electron chi connectivity index (χ3n) is 6.00. The maximum atomic E-state index is 13.4. The molecule has 0 bridgehead atoms. The number of methoxy groups -OCH3 is 1. The van der Waals surface area contributed by atoms with E-state index < -0.39 is 0 Å². The highest BCUT2D eigenvalue weighted by molar-refractivity contribution is 6.30. The van der Waals surface area contributed by atoms with Crippen molar-refractivity contribution >= 4 is 45.9 Å². The molecule has 184 valence electrons. The van der Waals surface area contributed by atoms with Gasteiger partial charge in [0.25, 0.3) is 11.8 Å². The molecule has 0 radical (unpaired) electrons. The fraction of sp³-hybridized carbons (Fsp3) is 0.179. The van der Waals surface area contributed by atoms with Crippen molar-refractivity contribution in [3.05, 3.63) is 94.1 Å². The molecule has 0 aliphatic rings. The fourth-order valence-corrected chi connectivity index (χ4v) is 4.24. The van der Waals surface area contributed by atoms with Gasteiger partial charge in [-0.05, 0) is 79.2 Å². The lowest BCUT2D eigenvalue weighted by molar-refractivity contribution is -0.115. The summed E-state index contributed by atoms with van der Waals surface area (Å²) in [5.41, 5.74) is 3.67. The molecule has 1 aromatic heterocycles. The largest absolute Gasteiger partial charge is 0.497 e. The van der Waals surface area contributed by atoms with Crippen LogP contribution >= 0.6 is 11.6 Å². The molecule has 0 spiro atoms. The highest BCUT2D eigenvalue weighted by Gasteiger charge is 2.22. The fourth-order valence-electron chi connectivity index (χ4n) is 4.12. The van der Waals surface area contributed by atoms with Crippen molar-refractivity contribution in [2.75, 3.05) is 26.5 Å². The Morgan fingerprint density at radius 2 is 1.58 bits per heavy atom. The molecule has 0 saturated carbocycles. The van der Waals surface area contributed by atoms with E-state index >= 15 is 0 Å². The first-order chi connectivity index (χ1) is 17.2. The molecule has 8 heteroatoms. The second-order valence-corrected chi connectivity index (χ2v) is 9.03. The van der Waals surface area contributed by atoms with E-state index in [1.807, 2.05) is 19.1 Å². The number of carbonyl (C=O) groups excluding carboxylic acids is 3. The lowest BCUT2D eigenvalue weighted by Crippen LogP contribution is -2.21. The smallest absolute Gasteiger partial charge is 0.262 e. The average molecular weight is 504 g/mol. The molecule has 36 heavy (non-hydrogen) atoms. The molecule has 0 aliphatic heterocycles. The van der Waals surface area contributed by atoms with Gasteiger partial charge in [0.05, 0.1) is 19.0 Å². The predicted molar refractivity (Wildman–Crippen MR) is 141 cm³/mol. The van der Waals surface area contributed by atoms with Crippen LogP contribution < -0.4 is 10.1 Å². The first kappa shape index (κ1) is 25.0. The van der Waals surface area contributed by atoms with Crippen molar-refractivity contribution in [1.29, 1.82) is 0 Å². The van der Waals surface area contributed by atoms with Crippen LogP contribution in [0.5, 0.6) is 5.75 Å². The van der Waals surface area contributed by atoms with Crippen LogP contribution in [0.2, 0.25) is 5.02 Å². The van der Waals surface area contributed by atoms with Gasteiger partial charge >= 0.3 is 0 Å². The lowest BCUT2D eigenvalue weighted by atomic mass is 10.1. The number of ether oxygens (including phenoxy) is 1. The number of anilines is 1. The highest BCUT2D eigenvalue weighted by Crippen LogP contribution is 2.31. The zero-order chi connectivity index (χ0) is 26.0. The van der Waals surface area contributed by atoms with Crippen molar-refractivity contribution < 1.29 is 19.1 Å². The van der Waals surface area contributed by atoms with Crippen molar-refractivity contribution in [2.24, 2.45) is 0 Å². The van der Waals surface area contributed by atoms with E-state index in [4.69, 9.17) is 16.3 Å². The molecule has 0 unspecified atom stereocenters. The summed E-state index contributed by atoms with van der Waals surface area (Å²) in [7, 11) is 4.94. The van der Waals surface area contributed by atoms with Crippen LogP contribution in [-0.4, -0.2) is 48.4 Å². The molecule has 1 N–H and O–H groups in total. The molecule has 0 fully saturated rings. The highest BCUT2D eigenvalue weighted by atomic mass is 35.5. The van der Waals surface area contributed by atoms with Crippen LogP contribution in [0, 0.1) is 6.92 Å². The summed E-state index contributed by atoms with van der Waals surface area (Å²) in [5, 5.41) is 4.18. The number of hydrogen-bond donors (Lipinski definition) is 1. The zero-order valence-electron chi connectivity index (χ0n) is 20.5. The molecule has 0 aliphatic carbocycles. The van der Waals surface area contributed by atoms with Gasteiger partial charge in [-0.25, -0.2) is 0 Å². The molecule has 7 nitrogen and oxygen atoms in total. The number of aromatic nitrogens is 1. The van der Waals surface area contributed by atoms with Gasteiger partial charge in [0.1, 0.15) is 5.75 Å². The summed E-state index contributed by atoms with van der Waals surface area (Å²) in [6.07, 6.45) is 0.0504. The van der Waals surface area contributed by atoms with E-state index in [9.17, 15) is 14.4 Å². The molecule has 3 aromatic carbocycles. The third-order valence-corrected chi connectivity index (χ3v) is 6.25. The number of carbonyl (C=O) groups is 3. The minimum atomic E-state index is -0.245. The maximum absolute atomic E-state index is 13.4. The molecule has 0 saturated heterocycles. The first-order valence-electron chi connectivity index (χ1n) is 11.3. The number of nitrogens with zero attached hydrogens (tertiary/aromatic N) is 2. The Morgan fingerprint density at radius 1 is 0.944 bits per heavy atom. The number of nitrogens with one attached hydrogen (secondary N) is 1. The normalized spacial score (nSPS) is 10.8. The Kier molecular flexibility index (Phi) is 7.12. The van der Waals surface area contributed by atoms with E-state index in [-0.39, 0.29) is 24.1 Å². The number of amides is 2. The Morgan fingerprint density at radius 3 is 2.19 bits per heavy atom. The topological polar surface area (TPSA) is 80.6 Å². The molecular weight excluding hydrogens is 478 g/mol. The summed E-state index contributed by atoms with van der Waals surface area (Å²) >= 11 is 5.99. The minimum absolute atomic E-state index is 0.0504. The standard InChI is InChI=1S/C28H26ClN3O4/c1-17-23(16-26(33)30-21-11-7-18(8-12-21)27(34)31(2)3)24-15-22(36-4)13-14-25(24)32(17)28(35)19-5-9-20(29)10-6-19/h5-15H,16H2,1-4H3,(H,30,33). The molecule has 1 heterocycles. The van der Waals surface area contributed by atoms with Gasteiger partial charge in [-0.3, -0.25) is 19.0 Å². The summed E-state index contributed by atoms with van der Waals surface area (Å²) in [6.45, 7) is 1.82. The van der Waals surface area contributed by atoms with E-state index in [0.29, 0.717) is 38.8 Å². The predicted octanol–water partition coefficient (Wildman–Crippen LogP) is 5.18. The maximum Gasteiger partial charge on any atom is 0.262 e. The summed E-state index contributed by atoms with van der Waals surface area (Å²) in [5.74, 6) is 0.0507. The van der Waals surface area contributed by atoms with Gasteiger partial charge in [0, 0.05) is 47.0 Å². The van der Waals surface area contributed by atoms with Crippen molar-refractivity contribution in [3.8, 4) is 5.75 Å². The van der Waals surface area contributed by atoms with Crippen molar-refractivity contribution in [1.82, 2.24) is 9.47 Å². The average Bonchev–Trinajstić information content (AvgIpc) is 3.14. The van der Waals surface area contributed by atoms with Gasteiger partial charge in [-0.2, -0.15) is 0 Å². The number of fused-ring (bicyclic) bond motifs is 1. The lowest BCUT2D eigenvalue weighted by Gasteiger charge is -2.11. The molecule has 4 rings (SSSR count). The van der Waals surface area contributed by atoms with Crippen LogP contribution in [0.25, 0.3) is 10.9 Å². The molecule has 2 amide bonds. The summed E-state index contributed by atoms with van der Waals surface area (Å²) in [4.78, 5) is 40.0. The monoisotopic (exact) mass is 503 g/mol. The SMILES string of the molecule is COc1ccc2c(c1)c(CC(=O)Nc1ccc(C(=O)N(C)C)cc1)c(C)n2C(=O)c1ccc(Cl)cc1. The van der Waals surface area contributed by atoms with E-state index in [0.717, 1.165) is 10.9 Å². The Hall–Kier alpha value is -4.10. The van der Waals surface area contributed by atoms with Crippen LogP contribution in [-0.2, 0) is 11.2 Å². The van der Waals surface area contributed by atoms with Gasteiger partial charge < -0.3 is 15.0 Å². The molecule has 0 atom stereocenters. The second-order valence-electron chi connectivity index (χ2n) is 8.60. The van der Waals surface area contributed by atoms with Gasteiger partial charge in [-0.15, -0.1) is 0 Å². The Balaban J connectivity index is 1.66. The number of hydrogen-bond acceptors (Lipinski definition) is 4. The van der Waals surface area contributed by atoms with Crippen LogP contribution in [0.4, 0.5) is 5.69 Å². The second kappa shape index (κ2) is 10.3. The number of rotatable bonds is 6. The van der Waals surface area contributed by atoms with E-state index in [1.165, 1.54) is 4.90 Å².